The van der Waals surface area contributed by atoms with Gasteiger partial charge in [-0.15, -0.1) is 0 Å². The molecule has 0 atom stereocenters. The summed E-state index contributed by atoms with van der Waals surface area (Å²) in [6.07, 6.45) is 1.58. The number of carbonyl (C=O) groups is 1. The highest BCUT2D eigenvalue weighted by Gasteiger charge is 2.24. The van der Waals surface area contributed by atoms with Gasteiger partial charge in [0.15, 0.2) is 0 Å². The first-order chi connectivity index (χ1) is 12.8. The number of nitrogens with zero attached hydrogens (tertiary/aromatic N) is 2. The van der Waals surface area contributed by atoms with Crippen molar-refractivity contribution in [3.05, 3.63) is 53.2 Å². The van der Waals surface area contributed by atoms with E-state index in [-0.39, 0.29) is 22.8 Å². The van der Waals surface area contributed by atoms with Crippen LogP contribution >= 0.6 is 0 Å². The van der Waals surface area contributed by atoms with Crippen molar-refractivity contribution in [3.8, 4) is 0 Å². The lowest BCUT2D eigenvalue weighted by atomic mass is 9.80. The second-order valence-corrected chi connectivity index (χ2v) is 9.63. The molecule has 152 valence electrons. The number of hydrogen-bond donors (Lipinski definition) is 0. The lowest BCUT2D eigenvalue weighted by Gasteiger charge is -2.32. The number of anilines is 2. The molecule has 2 rings (SSSR count). The smallest absolute Gasteiger partial charge is 0.339 e. The molecule has 28 heavy (non-hydrogen) atoms. The van der Waals surface area contributed by atoms with Gasteiger partial charge in [-0.3, -0.25) is 0 Å². The quantitative estimate of drug-likeness (QED) is 0.607. The Bertz CT molecular complexity index is 793. The Balaban J connectivity index is 2.61. The van der Waals surface area contributed by atoms with Crippen LogP contribution < -0.4 is 4.90 Å². The molecule has 0 aliphatic heterocycles. The Labute approximate surface area is 169 Å². The molecular weight excluding hydrogens is 348 g/mol. The topological polar surface area (TPSA) is 42.4 Å². The molecule has 0 saturated heterocycles. The van der Waals surface area contributed by atoms with Gasteiger partial charge in [0, 0.05) is 17.9 Å². The minimum Gasteiger partial charge on any atom is -0.465 e. The highest BCUT2D eigenvalue weighted by Crippen LogP contribution is 2.36. The fourth-order valence-corrected chi connectivity index (χ4v) is 3.08. The number of carbonyl (C=O) groups excluding carboxylic acids is 1. The van der Waals surface area contributed by atoms with Crippen LogP contribution in [0.3, 0.4) is 0 Å². The summed E-state index contributed by atoms with van der Waals surface area (Å²) < 4.78 is 4.78. The number of hydrogen-bond acceptors (Lipinski definition) is 4. The van der Waals surface area contributed by atoms with Crippen molar-refractivity contribution < 1.29 is 9.53 Å². The number of esters is 1. The third-order valence-corrected chi connectivity index (χ3v) is 4.86. The summed E-state index contributed by atoms with van der Waals surface area (Å²) in [5.41, 5.74) is 4.25. The number of pyridine rings is 1. The molecular formula is C24H34N2O2. The molecule has 1 aromatic carbocycles. The van der Waals surface area contributed by atoms with E-state index >= 15 is 0 Å². The van der Waals surface area contributed by atoms with E-state index in [1.807, 2.05) is 6.07 Å². The molecule has 2 aromatic rings. The molecule has 0 fully saturated rings. The van der Waals surface area contributed by atoms with Gasteiger partial charge >= 0.3 is 5.97 Å². The van der Waals surface area contributed by atoms with Crippen molar-refractivity contribution in [1.82, 2.24) is 4.98 Å². The molecule has 0 N–H and O–H groups in total. The summed E-state index contributed by atoms with van der Waals surface area (Å²) in [6, 6.07) is 10.7. The largest absolute Gasteiger partial charge is 0.465 e. The van der Waals surface area contributed by atoms with Gasteiger partial charge in [-0.2, -0.15) is 0 Å². The Morgan fingerprint density at radius 2 is 1.50 bits per heavy atom. The molecule has 0 unspecified atom stereocenters. The second-order valence-electron chi connectivity index (χ2n) is 9.63. The third-order valence-electron chi connectivity index (χ3n) is 4.86. The van der Waals surface area contributed by atoms with E-state index in [4.69, 9.17) is 4.74 Å². The SMILES string of the molecule is COC(=O)c1ccc(N(c2cc(C(C)(C)C)cc(C(C)(C)C)c2)C(C)C)nc1. The molecule has 0 aliphatic carbocycles. The predicted octanol–water partition coefficient (Wildman–Crippen LogP) is 6.01. The monoisotopic (exact) mass is 382 g/mol. The van der Waals surface area contributed by atoms with Gasteiger partial charge in [-0.05, 0) is 60.1 Å². The summed E-state index contributed by atoms with van der Waals surface area (Å²) in [6.45, 7) is 17.7. The fraction of sp³-hybridized carbons (Fsp3) is 0.500. The molecule has 0 amide bonds. The van der Waals surface area contributed by atoms with Crippen LogP contribution in [0.4, 0.5) is 11.5 Å². The maximum atomic E-state index is 11.7. The first-order valence-electron chi connectivity index (χ1n) is 9.84. The Morgan fingerprint density at radius 1 is 0.964 bits per heavy atom. The normalized spacial score (nSPS) is 12.2. The summed E-state index contributed by atoms with van der Waals surface area (Å²) in [7, 11) is 1.38. The predicted molar refractivity (Wildman–Crippen MR) is 117 cm³/mol. The van der Waals surface area contributed by atoms with Gasteiger partial charge in [0.05, 0.1) is 12.7 Å². The van der Waals surface area contributed by atoms with Crippen LogP contribution in [-0.4, -0.2) is 24.1 Å². The second kappa shape index (κ2) is 7.94. The van der Waals surface area contributed by atoms with Crippen LogP contribution in [0.5, 0.6) is 0 Å². The fourth-order valence-electron chi connectivity index (χ4n) is 3.08. The van der Waals surface area contributed by atoms with Crippen molar-refractivity contribution in [1.29, 1.82) is 0 Å². The van der Waals surface area contributed by atoms with E-state index < -0.39 is 0 Å². The van der Waals surface area contributed by atoms with Crippen LogP contribution in [0.25, 0.3) is 0 Å². The average molecular weight is 383 g/mol. The highest BCUT2D eigenvalue weighted by molar-refractivity contribution is 5.89. The van der Waals surface area contributed by atoms with E-state index in [1.54, 1.807) is 12.3 Å². The average Bonchev–Trinajstić information content (AvgIpc) is 2.60. The van der Waals surface area contributed by atoms with Gasteiger partial charge in [0.2, 0.25) is 0 Å². The number of benzene rings is 1. The van der Waals surface area contributed by atoms with E-state index in [9.17, 15) is 4.79 Å². The molecule has 0 aliphatic rings. The summed E-state index contributed by atoms with van der Waals surface area (Å²) >= 11 is 0. The number of ether oxygens (including phenoxy) is 1. The zero-order chi connectivity index (χ0) is 21.3. The van der Waals surface area contributed by atoms with Crippen LogP contribution in [0, 0.1) is 0 Å². The Hall–Kier alpha value is -2.36. The van der Waals surface area contributed by atoms with Gasteiger partial charge in [0.1, 0.15) is 5.82 Å². The standard InChI is InChI=1S/C24H34N2O2/c1-16(2)26(21-11-10-17(15-25-21)22(27)28-9)20-13-18(23(3,4)5)12-19(14-20)24(6,7)8/h10-16H,1-9H3. The van der Waals surface area contributed by atoms with Crippen LogP contribution in [0.15, 0.2) is 36.5 Å². The minimum atomic E-state index is -0.375. The number of methoxy groups -OCH3 is 1. The minimum absolute atomic E-state index is 0.0425. The summed E-state index contributed by atoms with van der Waals surface area (Å²) in [5, 5.41) is 0. The molecule has 1 heterocycles. The van der Waals surface area contributed by atoms with E-state index in [2.05, 4.69) is 83.5 Å². The maximum absolute atomic E-state index is 11.7. The lowest BCUT2D eigenvalue weighted by molar-refractivity contribution is 0.0600. The lowest BCUT2D eigenvalue weighted by Crippen LogP contribution is -2.28. The van der Waals surface area contributed by atoms with Crippen LogP contribution in [-0.2, 0) is 15.6 Å². The first kappa shape index (κ1) is 21.9. The Morgan fingerprint density at radius 3 is 1.86 bits per heavy atom. The van der Waals surface area contributed by atoms with E-state index in [1.165, 1.54) is 18.2 Å². The van der Waals surface area contributed by atoms with Crippen molar-refractivity contribution in [2.75, 3.05) is 12.0 Å². The maximum Gasteiger partial charge on any atom is 0.339 e. The molecule has 1 aromatic heterocycles. The van der Waals surface area contributed by atoms with Crippen molar-refractivity contribution in [2.24, 2.45) is 0 Å². The Kier molecular flexibility index (Phi) is 6.22. The molecule has 0 saturated carbocycles. The van der Waals surface area contributed by atoms with E-state index in [0.717, 1.165) is 11.5 Å². The van der Waals surface area contributed by atoms with Crippen LogP contribution in [0.1, 0.15) is 76.9 Å². The molecule has 4 nitrogen and oxygen atoms in total. The van der Waals surface area contributed by atoms with E-state index in [0.29, 0.717) is 5.56 Å². The molecule has 0 bridgehead atoms. The van der Waals surface area contributed by atoms with Crippen LogP contribution in [0.2, 0.25) is 0 Å². The summed E-state index contributed by atoms with van der Waals surface area (Å²) in [4.78, 5) is 18.5. The van der Waals surface area contributed by atoms with Gasteiger partial charge < -0.3 is 9.64 Å². The van der Waals surface area contributed by atoms with Gasteiger partial charge in [-0.1, -0.05) is 47.6 Å². The highest BCUT2D eigenvalue weighted by atomic mass is 16.5. The molecule has 4 heteroatoms. The number of rotatable bonds is 4. The first-order valence-corrected chi connectivity index (χ1v) is 9.84. The zero-order valence-corrected chi connectivity index (χ0v) is 18.8. The number of aromatic nitrogens is 1. The van der Waals surface area contributed by atoms with Crippen molar-refractivity contribution in [2.45, 2.75) is 72.3 Å². The third kappa shape index (κ3) is 4.92. The zero-order valence-electron chi connectivity index (χ0n) is 18.8. The van der Waals surface area contributed by atoms with Gasteiger partial charge in [0.25, 0.3) is 0 Å². The van der Waals surface area contributed by atoms with Crippen molar-refractivity contribution in [3.63, 3.8) is 0 Å². The van der Waals surface area contributed by atoms with Crippen molar-refractivity contribution >= 4 is 17.5 Å². The molecule has 0 spiro atoms. The molecule has 0 radical (unpaired) electrons. The summed E-state index contributed by atoms with van der Waals surface area (Å²) in [5.74, 6) is 0.438. The van der Waals surface area contributed by atoms with Gasteiger partial charge in [-0.25, -0.2) is 9.78 Å².